The Bertz CT molecular complexity index is 1270. The number of ether oxygens (including phenoxy) is 1. The van der Waals surface area contributed by atoms with Crippen LogP contribution >= 0.6 is 35.0 Å². The summed E-state index contributed by atoms with van der Waals surface area (Å²) in [5.41, 5.74) is -0.833. The van der Waals surface area contributed by atoms with Crippen LogP contribution < -0.4 is 10.0 Å². The SMILES string of the molecule is COC1(C(=O)NS(=O)(=O)c2cc(Cl)c(N[C@H](CCN3CC(F)C3)CSc3ccc(F)cc3)c(Cl)c2)CCCCC1. The van der Waals surface area contributed by atoms with Crippen LogP contribution in [0.2, 0.25) is 10.0 Å². The summed E-state index contributed by atoms with van der Waals surface area (Å²) >= 11 is 14.6. The number of thioether (sulfide) groups is 1. The molecule has 0 radical (unpaired) electrons. The maximum atomic E-state index is 13.3. The fraction of sp³-hybridized carbons (Fsp3) is 0.519. The molecule has 2 N–H and O–H groups in total. The first-order valence-electron chi connectivity index (χ1n) is 13.1. The van der Waals surface area contributed by atoms with Crippen LogP contribution in [0.15, 0.2) is 46.2 Å². The van der Waals surface area contributed by atoms with Gasteiger partial charge in [0, 0.05) is 43.4 Å². The summed E-state index contributed by atoms with van der Waals surface area (Å²) in [5, 5.41) is 3.46. The van der Waals surface area contributed by atoms with Crippen molar-refractivity contribution < 1.29 is 26.7 Å². The standard InChI is InChI=1S/C27H33Cl2F2N3O4S2/c1-38-27(10-3-2-4-11-27)26(35)33-40(36,37)22-13-23(28)25(24(29)14-22)32-20(9-12-34-15-19(31)16-34)17-39-21-7-5-18(30)6-8-21/h5-8,13-14,19-20,32H,2-4,9-12,15-17H2,1H3,(H,33,35)/t20-/m1/s1. The lowest BCUT2D eigenvalue weighted by Gasteiger charge is -2.35. The van der Waals surface area contributed by atoms with Gasteiger partial charge in [-0.15, -0.1) is 11.8 Å². The second kappa shape index (κ2) is 13.6. The van der Waals surface area contributed by atoms with Crippen molar-refractivity contribution in [2.45, 2.75) is 66.1 Å². The van der Waals surface area contributed by atoms with Crippen molar-refractivity contribution in [1.29, 1.82) is 0 Å². The van der Waals surface area contributed by atoms with Crippen molar-refractivity contribution in [2.24, 2.45) is 0 Å². The monoisotopic (exact) mass is 635 g/mol. The minimum atomic E-state index is -4.27. The van der Waals surface area contributed by atoms with Gasteiger partial charge >= 0.3 is 0 Å². The van der Waals surface area contributed by atoms with E-state index in [9.17, 15) is 22.0 Å². The van der Waals surface area contributed by atoms with Gasteiger partial charge in [-0.25, -0.2) is 21.9 Å². The Morgan fingerprint density at radius 1 is 1.15 bits per heavy atom. The largest absolute Gasteiger partial charge is 0.379 e. The predicted octanol–water partition coefficient (Wildman–Crippen LogP) is 5.90. The van der Waals surface area contributed by atoms with Crippen LogP contribution in [0.1, 0.15) is 38.5 Å². The quantitative estimate of drug-likeness (QED) is 0.281. The highest BCUT2D eigenvalue weighted by Gasteiger charge is 2.41. The van der Waals surface area contributed by atoms with E-state index in [4.69, 9.17) is 27.9 Å². The van der Waals surface area contributed by atoms with E-state index in [0.29, 0.717) is 50.3 Å². The normalized spacial score (nSPS) is 18.6. The predicted molar refractivity (Wildman–Crippen MR) is 155 cm³/mol. The number of alkyl halides is 1. The van der Waals surface area contributed by atoms with Crippen LogP contribution in [0.4, 0.5) is 14.5 Å². The number of likely N-dealkylation sites (tertiary alicyclic amines) is 1. The maximum Gasteiger partial charge on any atom is 0.265 e. The molecule has 0 spiro atoms. The number of carbonyl (C=O) groups is 1. The molecule has 2 aliphatic rings. The van der Waals surface area contributed by atoms with Crippen LogP contribution in [-0.2, 0) is 19.6 Å². The van der Waals surface area contributed by atoms with Crippen molar-refractivity contribution in [2.75, 3.05) is 37.8 Å². The Labute approximate surface area is 248 Å². The van der Waals surface area contributed by atoms with Gasteiger partial charge in [-0.2, -0.15) is 0 Å². The van der Waals surface area contributed by atoms with Gasteiger partial charge in [-0.1, -0.05) is 42.5 Å². The van der Waals surface area contributed by atoms with Gasteiger partial charge in [0.1, 0.15) is 17.6 Å². The van der Waals surface area contributed by atoms with E-state index in [1.165, 1.54) is 43.1 Å². The third-order valence-corrected chi connectivity index (χ3v) is 10.4. The molecule has 1 saturated carbocycles. The first kappa shape index (κ1) is 31.3. The van der Waals surface area contributed by atoms with Gasteiger partial charge in [0.25, 0.3) is 15.9 Å². The molecule has 1 amide bonds. The lowest BCUT2D eigenvalue weighted by atomic mass is 9.84. The number of methoxy groups -OCH3 is 1. The van der Waals surface area contributed by atoms with Crippen molar-refractivity contribution in [3.8, 4) is 0 Å². The third-order valence-electron chi connectivity index (χ3n) is 7.34. The molecule has 40 heavy (non-hydrogen) atoms. The summed E-state index contributed by atoms with van der Waals surface area (Å²) in [6.07, 6.45) is 3.21. The number of sulfonamides is 1. The minimum absolute atomic E-state index is 0.0731. The molecule has 13 heteroatoms. The molecule has 0 aromatic heterocycles. The van der Waals surface area contributed by atoms with Gasteiger partial charge < -0.3 is 10.1 Å². The lowest BCUT2D eigenvalue weighted by molar-refractivity contribution is -0.145. The lowest BCUT2D eigenvalue weighted by Crippen LogP contribution is -2.51. The van der Waals surface area contributed by atoms with Gasteiger partial charge in [0.2, 0.25) is 0 Å². The first-order valence-corrected chi connectivity index (χ1v) is 16.4. The van der Waals surface area contributed by atoms with E-state index in [0.717, 1.165) is 24.2 Å². The van der Waals surface area contributed by atoms with Gasteiger partial charge in [-0.3, -0.25) is 9.69 Å². The number of amides is 1. The maximum absolute atomic E-state index is 13.3. The molecule has 220 valence electrons. The molecular weight excluding hydrogens is 603 g/mol. The van der Waals surface area contributed by atoms with Gasteiger partial charge in [0.05, 0.1) is 20.6 Å². The first-order chi connectivity index (χ1) is 19.0. The number of anilines is 1. The molecule has 0 bridgehead atoms. The van der Waals surface area contributed by atoms with Crippen molar-refractivity contribution in [3.05, 3.63) is 52.3 Å². The second-order valence-corrected chi connectivity index (χ2v) is 13.8. The van der Waals surface area contributed by atoms with Crippen molar-refractivity contribution >= 4 is 56.6 Å². The van der Waals surface area contributed by atoms with Crippen LogP contribution in [0.25, 0.3) is 0 Å². The summed E-state index contributed by atoms with van der Waals surface area (Å²) in [6.45, 7) is 1.43. The van der Waals surface area contributed by atoms with Crippen LogP contribution in [0.3, 0.4) is 0 Å². The molecule has 4 rings (SSSR count). The minimum Gasteiger partial charge on any atom is -0.379 e. The Morgan fingerprint density at radius 2 is 1.77 bits per heavy atom. The van der Waals surface area contributed by atoms with E-state index in [2.05, 4.69) is 10.0 Å². The fourth-order valence-corrected chi connectivity index (χ4v) is 7.71. The molecule has 0 unspecified atom stereocenters. The zero-order chi connectivity index (χ0) is 28.9. The molecule has 2 fully saturated rings. The molecule has 1 heterocycles. The highest BCUT2D eigenvalue weighted by Crippen LogP contribution is 2.36. The van der Waals surface area contributed by atoms with E-state index >= 15 is 0 Å². The average molecular weight is 637 g/mol. The molecule has 1 saturated heterocycles. The van der Waals surface area contributed by atoms with Gasteiger partial charge in [0.15, 0.2) is 0 Å². The molecule has 7 nitrogen and oxygen atoms in total. The van der Waals surface area contributed by atoms with E-state index in [1.54, 1.807) is 12.1 Å². The Hall–Kier alpha value is -1.63. The number of hydrogen-bond donors (Lipinski definition) is 2. The molecule has 1 atom stereocenters. The number of hydrogen-bond acceptors (Lipinski definition) is 7. The zero-order valence-electron chi connectivity index (χ0n) is 22.1. The number of carbonyl (C=O) groups excluding carboxylic acids is 1. The summed E-state index contributed by atoms with van der Waals surface area (Å²) < 4.78 is 60.5. The number of nitrogens with zero attached hydrogens (tertiary/aromatic N) is 1. The summed E-state index contributed by atoms with van der Waals surface area (Å²) in [4.78, 5) is 15.6. The fourth-order valence-electron chi connectivity index (χ4n) is 4.92. The average Bonchev–Trinajstić information content (AvgIpc) is 2.91. The van der Waals surface area contributed by atoms with Crippen molar-refractivity contribution in [1.82, 2.24) is 9.62 Å². The Morgan fingerprint density at radius 3 is 2.35 bits per heavy atom. The molecule has 1 aliphatic heterocycles. The molecular formula is C27H33Cl2F2N3O4S2. The Kier molecular flexibility index (Phi) is 10.6. The highest BCUT2D eigenvalue weighted by molar-refractivity contribution is 7.99. The molecule has 2 aromatic rings. The third kappa shape index (κ3) is 7.80. The van der Waals surface area contributed by atoms with E-state index in [1.807, 2.05) is 4.90 Å². The van der Waals surface area contributed by atoms with Crippen LogP contribution in [0, 0.1) is 5.82 Å². The van der Waals surface area contributed by atoms with Crippen LogP contribution in [0.5, 0.6) is 0 Å². The molecule has 2 aromatic carbocycles. The number of benzene rings is 2. The summed E-state index contributed by atoms with van der Waals surface area (Å²) in [5.74, 6) is -0.456. The Balaban J connectivity index is 1.48. The zero-order valence-corrected chi connectivity index (χ0v) is 25.2. The van der Waals surface area contributed by atoms with Crippen LogP contribution in [-0.4, -0.2) is 69.5 Å². The van der Waals surface area contributed by atoms with E-state index in [-0.39, 0.29) is 26.8 Å². The molecule has 1 aliphatic carbocycles. The second-order valence-electron chi connectivity index (χ2n) is 10.2. The summed E-state index contributed by atoms with van der Waals surface area (Å²) in [6, 6.07) is 8.49. The summed E-state index contributed by atoms with van der Waals surface area (Å²) in [7, 11) is -2.86. The smallest absolute Gasteiger partial charge is 0.265 e. The van der Waals surface area contributed by atoms with E-state index < -0.39 is 27.7 Å². The van der Waals surface area contributed by atoms with Gasteiger partial charge in [-0.05, 0) is 55.7 Å². The number of rotatable bonds is 12. The topological polar surface area (TPSA) is 87.7 Å². The number of nitrogens with one attached hydrogen (secondary N) is 2. The highest BCUT2D eigenvalue weighted by atomic mass is 35.5. The number of halogens is 4. The van der Waals surface area contributed by atoms with Crippen molar-refractivity contribution in [3.63, 3.8) is 0 Å².